The fraction of sp³-hybridized carbons (Fsp3) is 0.182. The van der Waals surface area contributed by atoms with Crippen LogP contribution in [-0.4, -0.2) is 33.0 Å². The van der Waals surface area contributed by atoms with Crippen molar-refractivity contribution in [3.8, 4) is 11.8 Å². The second-order valence-corrected chi connectivity index (χ2v) is 4.43. The number of amides is 1. The lowest BCUT2D eigenvalue weighted by Gasteiger charge is -1.99. The van der Waals surface area contributed by atoms with Crippen LogP contribution in [0.2, 0.25) is 0 Å². The number of aromatic amines is 1. The molecule has 0 aliphatic heterocycles. The lowest BCUT2D eigenvalue weighted by atomic mass is 10.4. The molecular formula is C11H10N4O2S. The summed E-state index contributed by atoms with van der Waals surface area (Å²) >= 11 is 1.47. The van der Waals surface area contributed by atoms with Crippen LogP contribution in [0.3, 0.4) is 0 Å². The molecule has 2 heterocycles. The highest BCUT2D eigenvalue weighted by Gasteiger charge is 2.08. The predicted octanol–water partition coefficient (Wildman–Crippen LogP) is 0.140. The summed E-state index contributed by atoms with van der Waals surface area (Å²) in [4.78, 5) is 13.4. The first-order valence-corrected chi connectivity index (χ1v) is 5.93. The Morgan fingerprint density at radius 2 is 2.44 bits per heavy atom. The summed E-state index contributed by atoms with van der Waals surface area (Å²) in [5.74, 6) is 5.10. The number of aromatic nitrogens is 3. The summed E-state index contributed by atoms with van der Waals surface area (Å²) in [6.07, 6.45) is 1.36. The van der Waals surface area contributed by atoms with E-state index in [1.807, 2.05) is 12.1 Å². The van der Waals surface area contributed by atoms with Gasteiger partial charge in [0.1, 0.15) is 6.61 Å². The van der Waals surface area contributed by atoms with Crippen molar-refractivity contribution in [3.05, 3.63) is 33.8 Å². The molecule has 0 atom stereocenters. The molecule has 7 heteroatoms. The highest BCUT2D eigenvalue weighted by Crippen LogP contribution is 2.15. The van der Waals surface area contributed by atoms with Gasteiger partial charge in [0.05, 0.1) is 17.6 Å². The quantitative estimate of drug-likeness (QED) is 0.686. The molecule has 92 valence electrons. The van der Waals surface area contributed by atoms with Gasteiger partial charge in [-0.05, 0) is 12.1 Å². The number of aliphatic hydroxyl groups excluding tert-OH is 1. The molecule has 0 radical (unpaired) electrons. The van der Waals surface area contributed by atoms with E-state index in [0.717, 1.165) is 9.75 Å². The van der Waals surface area contributed by atoms with Gasteiger partial charge in [-0.3, -0.25) is 4.79 Å². The average Bonchev–Trinajstić information content (AvgIpc) is 3.04. The minimum absolute atomic E-state index is 0.157. The number of rotatable bonds is 3. The Morgan fingerprint density at radius 1 is 1.56 bits per heavy atom. The number of nitrogens with zero attached hydrogens (tertiary/aromatic N) is 2. The lowest BCUT2D eigenvalue weighted by molar-refractivity contribution is 0.0946. The Balaban J connectivity index is 1.90. The van der Waals surface area contributed by atoms with Crippen molar-refractivity contribution in [2.75, 3.05) is 6.61 Å². The summed E-state index contributed by atoms with van der Waals surface area (Å²) in [6, 6.07) is 3.74. The van der Waals surface area contributed by atoms with Crippen LogP contribution in [0.25, 0.3) is 0 Å². The molecule has 18 heavy (non-hydrogen) atoms. The fourth-order valence-electron chi connectivity index (χ4n) is 1.24. The molecule has 1 amide bonds. The maximum Gasteiger partial charge on any atom is 0.273 e. The van der Waals surface area contributed by atoms with Gasteiger partial charge in [0.25, 0.3) is 5.91 Å². The van der Waals surface area contributed by atoms with Gasteiger partial charge < -0.3 is 10.4 Å². The van der Waals surface area contributed by atoms with E-state index in [2.05, 4.69) is 32.6 Å². The van der Waals surface area contributed by atoms with Gasteiger partial charge in [0.2, 0.25) is 0 Å². The van der Waals surface area contributed by atoms with Gasteiger partial charge in [-0.15, -0.1) is 11.3 Å². The number of hydrogen-bond donors (Lipinski definition) is 3. The van der Waals surface area contributed by atoms with Gasteiger partial charge in [-0.2, -0.15) is 15.4 Å². The maximum absolute atomic E-state index is 11.6. The molecule has 2 rings (SSSR count). The van der Waals surface area contributed by atoms with E-state index in [-0.39, 0.29) is 18.2 Å². The van der Waals surface area contributed by atoms with E-state index in [1.165, 1.54) is 17.5 Å². The van der Waals surface area contributed by atoms with Crippen LogP contribution in [0, 0.1) is 11.8 Å². The minimum Gasteiger partial charge on any atom is -0.384 e. The van der Waals surface area contributed by atoms with Gasteiger partial charge in [-0.25, -0.2) is 0 Å². The summed E-state index contributed by atoms with van der Waals surface area (Å²) in [6.45, 7) is 0.257. The van der Waals surface area contributed by atoms with Crippen LogP contribution in [0.15, 0.2) is 18.3 Å². The van der Waals surface area contributed by atoms with E-state index < -0.39 is 0 Å². The highest BCUT2D eigenvalue weighted by molar-refractivity contribution is 7.12. The van der Waals surface area contributed by atoms with Crippen molar-refractivity contribution in [1.29, 1.82) is 0 Å². The van der Waals surface area contributed by atoms with Gasteiger partial charge in [0.15, 0.2) is 5.69 Å². The average molecular weight is 262 g/mol. The Hall–Kier alpha value is -2.17. The van der Waals surface area contributed by atoms with Gasteiger partial charge in [-0.1, -0.05) is 11.8 Å². The van der Waals surface area contributed by atoms with Crippen molar-refractivity contribution >= 4 is 17.2 Å². The molecule has 0 unspecified atom stereocenters. The van der Waals surface area contributed by atoms with Crippen molar-refractivity contribution in [3.63, 3.8) is 0 Å². The number of carbonyl (C=O) groups excluding carboxylic acids is 1. The normalized spacial score (nSPS) is 9.61. The molecule has 2 aromatic heterocycles. The zero-order valence-corrected chi connectivity index (χ0v) is 10.1. The largest absolute Gasteiger partial charge is 0.384 e. The molecule has 2 aromatic rings. The van der Waals surface area contributed by atoms with E-state index in [1.54, 1.807) is 0 Å². The highest BCUT2D eigenvalue weighted by atomic mass is 32.1. The zero-order chi connectivity index (χ0) is 12.8. The van der Waals surface area contributed by atoms with Crippen LogP contribution in [0.4, 0.5) is 0 Å². The van der Waals surface area contributed by atoms with Crippen LogP contribution in [-0.2, 0) is 6.54 Å². The third-order valence-electron chi connectivity index (χ3n) is 2.02. The van der Waals surface area contributed by atoms with Crippen LogP contribution >= 0.6 is 11.3 Å². The van der Waals surface area contributed by atoms with Crippen LogP contribution in [0.5, 0.6) is 0 Å². The fourth-order valence-corrected chi connectivity index (χ4v) is 2.06. The Morgan fingerprint density at radius 3 is 3.17 bits per heavy atom. The van der Waals surface area contributed by atoms with Crippen LogP contribution in [0.1, 0.15) is 20.2 Å². The molecule has 0 saturated carbocycles. The van der Waals surface area contributed by atoms with E-state index in [0.29, 0.717) is 6.54 Å². The molecular weight excluding hydrogens is 252 g/mol. The standard InChI is InChI=1S/C11H10N4O2S/c16-5-1-2-8-3-4-9(18-8)6-12-11(17)10-7-13-15-14-10/h3-4,7,16H,5-6H2,(H,12,17)(H,13,14,15). The van der Waals surface area contributed by atoms with Crippen molar-refractivity contribution in [2.24, 2.45) is 0 Å². The Kier molecular flexibility index (Phi) is 4.06. The second-order valence-electron chi connectivity index (χ2n) is 3.26. The van der Waals surface area contributed by atoms with E-state index in [9.17, 15) is 4.79 Å². The zero-order valence-electron chi connectivity index (χ0n) is 9.30. The molecule has 0 bridgehead atoms. The molecule has 0 aliphatic carbocycles. The summed E-state index contributed by atoms with van der Waals surface area (Å²) in [5.41, 5.74) is 0.256. The Bertz CT molecular complexity index is 580. The molecule has 0 aromatic carbocycles. The second kappa shape index (κ2) is 5.95. The van der Waals surface area contributed by atoms with E-state index >= 15 is 0 Å². The van der Waals surface area contributed by atoms with Gasteiger partial charge >= 0.3 is 0 Å². The molecule has 3 N–H and O–H groups in total. The molecule has 6 nitrogen and oxygen atoms in total. The monoisotopic (exact) mass is 262 g/mol. The third-order valence-corrected chi connectivity index (χ3v) is 3.02. The number of aliphatic hydroxyl groups is 1. The topological polar surface area (TPSA) is 90.9 Å². The Labute approximate surface area is 107 Å². The third kappa shape index (κ3) is 3.16. The first kappa shape index (κ1) is 12.3. The smallest absolute Gasteiger partial charge is 0.273 e. The minimum atomic E-state index is -0.278. The van der Waals surface area contributed by atoms with Gasteiger partial charge in [0, 0.05) is 4.88 Å². The summed E-state index contributed by atoms with van der Waals surface area (Å²) < 4.78 is 0. The van der Waals surface area contributed by atoms with Crippen LogP contribution < -0.4 is 5.32 Å². The number of hydrogen-bond acceptors (Lipinski definition) is 5. The number of H-pyrrole nitrogens is 1. The lowest BCUT2D eigenvalue weighted by Crippen LogP contribution is -2.22. The van der Waals surface area contributed by atoms with Crippen molar-refractivity contribution < 1.29 is 9.90 Å². The number of thiophene rings is 1. The number of carbonyl (C=O) groups is 1. The molecule has 0 fully saturated rings. The number of nitrogens with one attached hydrogen (secondary N) is 2. The predicted molar refractivity (Wildman–Crippen MR) is 65.8 cm³/mol. The summed E-state index contributed by atoms with van der Waals surface area (Å²) in [5, 5.41) is 20.9. The van der Waals surface area contributed by atoms with Crippen molar-refractivity contribution in [2.45, 2.75) is 6.54 Å². The first-order chi connectivity index (χ1) is 8.79. The maximum atomic E-state index is 11.6. The summed E-state index contributed by atoms with van der Waals surface area (Å²) in [7, 11) is 0. The SMILES string of the molecule is O=C(NCc1ccc(C#CCO)s1)c1cn[nH]n1. The molecule has 0 saturated heterocycles. The molecule has 0 aliphatic rings. The molecule has 0 spiro atoms. The first-order valence-electron chi connectivity index (χ1n) is 5.12. The van der Waals surface area contributed by atoms with Crippen molar-refractivity contribution in [1.82, 2.24) is 20.7 Å². The van der Waals surface area contributed by atoms with E-state index in [4.69, 9.17) is 5.11 Å².